The second kappa shape index (κ2) is 8.26. The number of hydrogen-bond donors (Lipinski definition) is 0. The predicted octanol–water partition coefficient (Wildman–Crippen LogP) is 6.25. The summed E-state index contributed by atoms with van der Waals surface area (Å²) in [5.74, 6) is 1.13. The number of rotatable bonds is 6. The van der Waals surface area contributed by atoms with Crippen LogP contribution in [-0.2, 0) is 13.0 Å². The monoisotopic (exact) mass is 368 g/mol. The van der Waals surface area contributed by atoms with Gasteiger partial charge in [0.1, 0.15) is 12.4 Å². The number of aryl methyl sites for hydroxylation is 1. The summed E-state index contributed by atoms with van der Waals surface area (Å²) in [6, 6.07) is 24.5. The molecule has 0 amide bonds. The molecule has 2 nitrogen and oxygen atoms in total. The fourth-order valence-corrected chi connectivity index (χ4v) is 3.92. The SMILES string of the molecule is C=CCC1CCc2cc(OCc3ccccc3-c3ccccc3)ccc2C1=O. The fraction of sp³-hybridized carbons (Fsp3) is 0.192. The molecule has 0 fully saturated rings. The van der Waals surface area contributed by atoms with Crippen LogP contribution in [0.3, 0.4) is 0 Å². The van der Waals surface area contributed by atoms with Crippen LogP contribution in [0.4, 0.5) is 0 Å². The van der Waals surface area contributed by atoms with Gasteiger partial charge in [0.05, 0.1) is 0 Å². The Morgan fingerprint density at radius 1 is 0.964 bits per heavy atom. The molecule has 3 aromatic rings. The minimum absolute atomic E-state index is 0.0783. The first kappa shape index (κ1) is 18.2. The summed E-state index contributed by atoms with van der Waals surface area (Å²) >= 11 is 0. The van der Waals surface area contributed by atoms with E-state index in [1.54, 1.807) is 0 Å². The van der Waals surface area contributed by atoms with E-state index in [2.05, 4.69) is 36.9 Å². The summed E-state index contributed by atoms with van der Waals surface area (Å²) < 4.78 is 6.10. The number of allylic oxidation sites excluding steroid dienone is 1. The molecule has 0 heterocycles. The third kappa shape index (κ3) is 3.77. The lowest BCUT2D eigenvalue weighted by molar-refractivity contribution is 0.0903. The molecule has 0 N–H and O–H groups in total. The van der Waals surface area contributed by atoms with Crippen LogP contribution >= 0.6 is 0 Å². The quantitative estimate of drug-likeness (QED) is 0.480. The zero-order valence-corrected chi connectivity index (χ0v) is 15.9. The van der Waals surface area contributed by atoms with Crippen LogP contribution in [0.25, 0.3) is 11.1 Å². The number of ether oxygens (including phenoxy) is 1. The lowest BCUT2D eigenvalue weighted by Crippen LogP contribution is -2.22. The molecule has 4 rings (SSSR count). The average molecular weight is 368 g/mol. The van der Waals surface area contributed by atoms with Gasteiger partial charge in [-0.15, -0.1) is 6.58 Å². The lowest BCUT2D eigenvalue weighted by Gasteiger charge is -2.23. The number of hydrogen-bond acceptors (Lipinski definition) is 2. The van der Waals surface area contributed by atoms with Crippen LogP contribution in [0.15, 0.2) is 85.5 Å². The van der Waals surface area contributed by atoms with Crippen LogP contribution in [0.5, 0.6) is 5.75 Å². The predicted molar refractivity (Wildman–Crippen MR) is 114 cm³/mol. The van der Waals surface area contributed by atoms with Crippen molar-refractivity contribution < 1.29 is 9.53 Å². The second-order valence-corrected chi connectivity index (χ2v) is 7.26. The van der Waals surface area contributed by atoms with E-state index in [0.717, 1.165) is 41.7 Å². The van der Waals surface area contributed by atoms with Gasteiger partial charge in [0.25, 0.3) is 0 Å². The van der Waals surface area contributed by atoms with Crippen LogP contribution < -0.4 is 4.74 Å². The Morgan fingerprint density at radius 3 is 2.57 bits per heavy atom. The standard InChI is InChI=1S/C26H24O2/c1-2-8-20-13-14-21-17-23(15-16-25(21)26(20)27)28-18-22-11-6-7-12-24(22)19-9-4-3-5-10-19/h2-7,9-12,15-17,20H,1,8,13-14,18H2. The van der Waals surface area contributed by atoms with Crippen molar-refractivity contribution in [1.29, 1.82) is 0 Å². The minimum atomic E-state index is 0.0783. The fourth-order valence-electron chi connectivity index (χ4n) is 3.92. The summed E-state index contributed by atoms with van der Waals surface area (Å²) in [6.45, 7) is 4.27. The average Bonchev–Trinajstić information content (AvgIpc) is 2.75. The van der Waals surface area contributed by atoms with E-state index in [9.17, 15) is 4.79 Å². The first-order chi connectivity index (χ1) is 13.8. The molecule has 1 atom stereocenters. The topological polar surface area (TPSA) is 26.3 Å². The molecule has 0 spiro atoms. The van der Waals surface area contributed by atoms with Gasteiger partial charge in [0, 0.05) is 11.5 Å². The Hall–Kier alpha value is -3.13. The maximum atomic E-state index is 12.6. The van der Waals surface area contributed by atoms with Gasteiger partial charge in [-0.25, -0.2) is 0 Å². The summed E-state index contributed by atoms with van der Waals surface area (Å²) in [4.78, 5) is 12.6. The summed E-state index contributed by atoms with van der Waals surface area (Å²) in [6.07, 6.45) is 4.40. The molecular weight excluding hydrogens is 344 g/mol. The number of fused-ring (bicyclic) bond motifs is 1. The Morgan fingerprint density at radius 2 is 1.75 bits per heavy atom. The van der Waals surface area contributed by atoms with Gasteiger partial charge in [0.2, 0.25) is 0 Å². The Kier molecular flexibility index (Phi) is 5.38. The molecule has 1 aliphatic rings. The van der Waals surface area contributed by atoms with Crippen LogP contribution in [0.1, 0.15) is 34.3 Å². The maximum Gasteiger partial charge on any atom is 0.166 e. The van der Waals surface area contributed by atoms with Crippen molar-refractivity contribution in [2.24, 2.45) is 5.92 Å². The second-order valence-electron chi connectivity index (χ2n) is 7.26. The molecule has 2 heteroatoms. The number of carbonyl (C=O) groups excluding carboxylic acids is 1. The van der Waals surface area contributed by atoms with Crippen molar-refractivity contribution in [3.05, 3.63) is 102 Å². The summed E-state index contributed by atoms with van der Waals surface area (Å²) in [7, 11) is 0. The molecule has 0 saturated carbocycles. The molecule has 3 aromatic carbocycles. The first-order valence-corrected chi connectivity index (χ1v) is 9.80. The van der Waals surface area contributed by atoms with Gasteiger partial charge < -0.3 is 4.74 Å². The van der Waals surface area contributed by atoms with E-state index < -0.39 is 0 Å². The van der Waals surface area contributed by atoms with Crippen LogP contribution in [0.2, 0.25) is 0 Å². The van der Waals surface area contributed by atoms with Gasteiger partial charge >= 0.3 is 0 Å². The lowest BCUT2D eigenvalue weighted by atomic mass is 9.81. The Bertz CT molecular complexity index is 988. The Labute approximate surface area is 166 Å². The normalized spacial score (nSPS) is 15.7. The number of Topliss-reactive ketones (excluding diaryl/α,β-unsaturated/α-hetero) is 1. The highest BCUT2D eigenvalue weighted by Gasteiger charge is 2.26. The van der Waals surface area contributed by atoms with E-state index in [4.69, 9.17) is 4.74 Å². The molecule has 140 valence electrons. The largest absolute Gasteiger partial charge is 0.489 e. The molecule has 0 saturated heterocycles. The highest BCUT2D eigenvalue weighted by Crippen LogP contribution is 2.31. The van der Waals surface area contributed by atoms with Gasteiger partial charge in [-0.05, 0) is 59.7 Å². The Balaban J connectivity index is 1.52. The third-order valence-electron chi connectivity index (χ3n) is 5.42. The van der Waals surface area contributed by atoms with Gasteiger partial charge in [0.15, 0.2) is 5.78 Å². The number of benzene rings is 3. The summed E-state index contributed by atoms with van der Waals surface area (Å²) in [5.41, 5.74) is 5.46. The molecule has 1 aliphatic carbocycles. The number of ketones is 1. The molecule has 0 radical (unpaired) electrons. The molecule has 0 aliphatic heterocycles. The van der Waals surface area contributed by atoms with Crippen molar-refractivity contribution in [3.63, 3.8) is 0 Å². The van der Waals surface area contributed by atoms with Gasteiger partial charge in [-0.1, -0.05) is 60.7 Å². The molecular formula is C26H24O2. The van der Waals surface area contributed by atoms with Crippen molar-refractivity contribution >= 4 is 5.78 Å². The first-order valence-electron chi connectivity index (χ1n) is 9.80. The molecule has 0 aromatic heterocycles. The molecule has 1 unspecified atom stereocenters. The number of carbonyl (C=O) groups is 1. The van der Waals surface area contributed by atoms with Crippen molar-refractivity contribution in [2.75, 3.05) is 0 Å². The van der Waals surface area contributed by atoms with E-state index in [0.29, 0.717) is 6.61 Å². The van der Waals surface area contributed by atoms with Crippen molar-refractivity contribution in [3.8, 4) is 16.9 Å². The summed E-state index contributed by atoms with van der Waals surface area (Å²) in [5, 5.41) is 0. The minimum Gasteiger partial charge on any atom is -0.489 e. The van der Waals surface area contributed by atoms with E-state index in [1.165, 1.54) is 11.1 Å². The highest BCUT2D eigenvalue weighted by molar-refractivity contribution is 6.00. The molecule has 0 bridgehead atoms. The zero-order chi connectivity index (χ0) is 19.3. The van der Waals surface area contributed by atoms with E-state index in [1.807, 2.05) is 48.5 Å². The molecule has 28 heavy (non-hydrogen) atoms. The van der Waals surface area contributed by atoms with Gasteiger partial charge in [-0.2, -0.15) is 0 Å². The van der Waals surface area contributed by atoms with E-state index >= 15 is 0 Å². The van der Waals surface area contributed by atoms with Crippen molar-refractivity contribution in [1.82, 2.24) is 0 Å². The smallest absolute Gasteiger partial charge is 0.166 e. The van der Waals surface area contributed by atoms with Crippen LogP contribution in [0, 0.1) is 5.92 Å². The zero-order valence-electron chi connectivity index (χ0n) is 15.9. The van der Waals surface area contributed by atoms with Crippen molar-refractivity contribution in [2.45, 2.75) is 25.9 Å². The van der Waals surface area contributed by atoms with E-state index in [-0.39, 0.29) is 11.7 Å². The van der Waals surface area contributed by atoms with Crippen LogP contribution in [-0.4, -0.2) is 5.78 Å². The third-order valence-corrected chi connectivity index (χ3v) is 5.42. The van der Waals surface area contributed by atoms with Gasteiger partial charge in [-0.3, -0.25) is 4.79 Å². The highest BCUT2D eigenvalue weighted by atomic mass is 16.5. The maximum absolute atomic E-state index is 12.6.